The number of rotatable bonds is 7. The quantitative estimate of drug-likeness (QED) is 0.717. The number of allylic oxidation sites excluding steroid dienone is 2. The predicted octanol–water partition coefficient (Wildman–Crippen LogP) is 3.04. The average molecular weight is 275 g/mol. The number of unbranched alkanes of at least 4 members (excludes halogenated alkanes) is 1. The van der Waals surface area contributed by atoms with Crippen LogP contribution in [0.5, 0.6) is 0 Å². The van der Waals surface area contributed by atoms with Crippen LogP contribution in [0.3, 0.4) is 0 Å². The van der Waals surface area contributed by atoms with Gasteiger partial charge in [0.05, 0.1) is 6.20 Å². The molecule has 0 bridgehead atoms. The predicted molar refractivity (Wildman–Crippen MR) is 80.8 cm³/mol. The Labute approximate surface area is 121 Å². The Morgan fingerprint density at radius 1 is 1.45 bits per heavy atom. The molecule has 1 aliphatic heterocycles. The lowest BCUT2D eigenvalue weighted by molar-refractivity contribution is 0.0640. The van der Waals surface area contributed by atoms with Crippen LogP contribution in [-0.4, -0.2) is 33.4 Å². The number of carbonyl (C=O) groups is 1. The van der Waals surface area contributed by atoms with Crippen LogP contribution in [0.2, 0.25) is 0 Å². The van der Waals surface area contributed by atoms with Crippen molar-refractivity contribution < 1.29 is 4.79 Å². The monoisotopic (exact) mass is 275 g/mol. The standard InChI is InChI=1S/C16H25N3O/c1-3-5-7-12-19-14(16(20)18-10-8-11-18)13-17-15(19)9-6-4-2/h3,5,13H,4,6-12H2,1-2H3/b5-3-. The van der Waals surface area contributed by atoms with Gasteiger partial charge in [0.25, 0.3) is 5.91 Å². The van der Waals surface area contributed by atoms with E-state index in [1.54, 1.807) is 6.20 Å². The highest BCUT2D eigenvalue weighted by Crippen LogP contribution is 2.16. The SMILES string of the molecule is C/C=C\CCn1c(C(=O)N2CCC2)cnc1CCCC. The Morgan fingerprint density at radius 2 is 2.25 bits per heavy atom. The van der Waals surface area contributed by atoms with Crippen molar-refractivity contribution in [2.45, 2.75) is 52.5 Å². The second kappa shape index (κ2) is 7.27. The molecule has 0 aromatic carbocycles. The molecule has 1 fully saturated rings. The number of aryl methyl sites for hydroxylation is 1. The highest BCUT2D eigenvalue weighted by atomic mass is 16.2. The Hall–Kier alpha value is -1.58. The van der Waals surface area contributed by atoms with Crippen LogP contribution in [-0.2, 0) is 13.0 Å². The van der Waals surface area contributed by atoms with Crippen molar-refractivity contribution in [2.24, 2.45) is 0 Å². The van der Waals surface area contributed by atoms with Crippen molar-refractivity contribution >= 4 is 5.91 Å². The normalized spacial score (nSPS) is 14.8. The Kier molecular flexibility index (Phi) is 5.39. The van der Waals surface area contributed by atoms with Crippen LogP contribution in [0.25, 0.3) is 0 Å². The summed E-state index contributed by atoms with van der Waals surface area (Å²) in [6.45, 7) is 6.84. The van der Waals surface area contributed by atoms with Gasteiger partial charge in [0, 0.05) is 26.1 Å². The third kappa shape index (κ3) is 3.30. The number of aromatic nitrogens is 2. The summed E-state index contributed by atoms with van der Waals surface area (Å²) in [6, 6.07) is 0. The first-order chi connectivity index (χ1) is 9.77. The van der Waals surface area contributed by atoms with Crippen molar-refractivity contribution in [1.82, 2.24) is 14.5 Å². The highest BCUT2D eigenvalue weighted by Gasteiger charge is 2.25. The van der Waals surface area contributed by atoms with Crippen molar-refractivity contribution in [1.29, 1.82) is 0 Å². The van der Waals surface area contributed by atoms with Crippen LogP contribution >= 0.6 is 0 Å². The van der Waals surface area contributed by atoms with E-state index >= 15 is 0 Å². The molecule has 1 amide bonds. The number of hydrogen-bond donors (Lipinski definition) is 0. The van der Waals surface area contributed by atoms with E-state index in [4.69, 9.17) is 0 Å². The molecule has 20 heavy (non-hydrogen) atoms. The summed E-state index contributed by atoms with van der Waals surface area (Å²) in [7, 11) is 0. The van der Waals surface area contributed by atoms with Crippen molar-refractivity contribution in [3.8, 4) is 0 Å². The van der Waals surface area contributed by atoms with E-state index in [0.29, 0.717) is 0 Å². The molecular weight excluding hydrogens is 250 g/mol. The first kappa shape index (κ1) is 14.8. The first-order valence-electron chi connectivity index (χ1n) is 7.72. The number of amides is 1. The van der Waals surface area contributed by atoms with E-state index in [1.807, 2.05) is 11.8 Å². The van der Waals surface area contributed by atoms with E-state index in [-0.39, 0.29) is 5.91 Å². The molecule has 0 N–H and O–H groups in total. The zero-order valence-electron chi connectivity index (χ0n) is 12.6. The van der Waals surface area contributed by atoms with Gasteiger partial charge in [-0.1, -0.05) is 25.5 Å². The van der Waals surface area contributed by atoms with Crippen LogP contribution < -0.4 is 0 Å². The Balaban J connectivity index is 2.15. The molecule has 0 spiro atoms. The second-order valence-electron chi connectivity index (χ2n) is 5.32. The fraction of sp³-hybridized carbons (Fsp3) is 0.625. The van der Waals surface area contributed by atoms with E-state index in [9.17, 15) is 4.79 Å². The minimum atomic E-state index is 0.145. The smallest absolute Gasteiger partial charge is 0.272 e. The molecule has 0 unspecified atom stereocenters. The van der Waals surface area contributed by atoms with Gasteiger partial charge >= 0.3 is 0 Å². The largest absolute Gasteiger partial charge is 0.337 e. The van der Waals surface area contributed by atoms with E-state index in [0.717, 1.165) is 63.3 Å². The maximum absolute atomic E-state index is 12.4. The topological polar surface area (TPSA) is 38.1 Å². The Morgan fingerprint density at radius 3 is 2.85 bits per heavy atom. The third-order valence-corrected chi connectivity index (χ3v) is 3.81. The maximum Gasteiger partial charge on any atom is 0.272 e. The van der Waals surface area contributed by atoms with Crippen LogP contribution in [0.4, 0.5) is 0 Å². The molecule has 0 aliphatic carbocycles. The lowest BCUT2D eigenvalue weighted by Gasteiger charge is -2.31. The molecule has 1 aromatic heterocycles. The fourth-order valence-electron chi connectivity index (χ4n) is 2.42. The molecule has 0 radical (unpaired) electrons. The maximum atomic E-state index is 12.4. The van der Waals surface area contributed by atoms with Gasteiger partial charge in [0.2, 0.25) is 0 Å². The summed E-state index contributed by atoms with van der Waals surface area (Å²) in [6.07, 6.45) is 11.3. The molecule has 2 rings (SSSR count). The lowest BCUT2D eigenvalue weighted by Crippen LogP contribution is -2.42. The molecule has 2 heterocycles. The van der Waals surface area contributed by atoms with Gasteiger partial charge in [-0.15, -0.1) is 0 Å². The van der Waals surface area contributed by atoms with Gasteiger partial charge in [0.1, 0.15) is 11.5 Å². The van der Waals surface area contributed by atoms with Gasteiger partial charge < -0.3 is 9.47 Å². The number of imidazole rings is 1. The minimum absolute atomic E-state index is 0.145. The summed E-state index contributed by atoms with van der Waals surface area (Å²) in [4.78, 5) is 18.8. The molecule has 0 atom stereocenters. The second-order valence-corrected chi connectivity index (χ2v) is 5.32. The van der Waals surface area contributed by atoms with Crippen LogP contribution in [0.15, 0.2) is 18.3 Å². The third-order valence-electron chi connectivity index (χ3n) is 3.81. The van der Waals surface area contributed by atoms with Gasteiger partial charge in [-0.25, -0.2) is 4.98 Å². The van der Waals surface area contributed by atoms with E-state index < -0.39 is 0 Å². The zero-order chi connectivity index (χ0) is 14.4. The van der Waals surface area contributed by atoms with Gasteiger partial charge in [0.15, 0.2) is 0 Å². The number of hydrogen-bond acceptors (Lipinski definition) is 2. The molecule has 4 heteroatoms. The number of likely N-dealkylation sites (tertiary alicyclic amines) is 1. The summed E-state index contributed by atoms with van der Waals surface area (Å²) >= 11 is 0. The molecule has 4 nitrogen and oxygen atoms in total. The molecular formula is C16H25N3O. The van der Waals surface area contributed by atoms with Crippen molar-refractivity contribution in [3.05, 3.63) is 29.9 Å². The molecule has 1 saturated heterocycles. The summed E-state index contributed by atoms with van der Waals surface area (Å²) in [5.41, 5.74) is 0.764. The minimum Gasteiger partial charge on any atom is -0.337 e. The van der Waals surface area contributed by atoms with Crippen molar-refractivity contribution in [3.63, 3.8) is 0 Å². The summed E-state index contributed by atoms with van der Waals surface area (Å²) in [5.74, 6) is 1.20. The average Bonchev–Trinajstić information content (AvgIpc) is 2.77. The van der Waals surface area contributed by atoms with Gasteiger partial charge in [-0.3, -0.25) is 4.79 Å². The first-order valence-corrected chi connectivity index (χ1v) is 7.72. The highest BCUT2D eigenvalue weighted by molar-refractivity contribution is 5.93. The van der Waals surface area contributed by atoms with Crippen LogP contribution in [0.1, 0.15) is 55.8 Å². The molecule has 1 aliphatic rings. The summed E-state index contributed by atoms with van der Waals surface area (Å²) < 4.78 is 2.12. The lowest BCUT2D eigenvalue weighted by atomic mass is 10.2. The zero-order valence-corrected chi connectivity index (χ0v) is 12.6. The van der Waals surface area contributed by atoms with E-state index in [1.165, 1.54) is 0 Å². The number of nitrogens with zero attached hydrogens (tertiary/aromatic N) is 3. The fourth-order valence-corrected chi connectivity index (χ4v) is 2.42. The van der Waals surface area contributed by atoms with E-state index in [2.05, 4.69) is 28.6 Å². The molecule has 110 valence electrons. The molecule has 0 saturated carbocycles. The number of carbonyl (C=O) groups excluding carboxylic acids is 1. The Bertz CT molecular complexity index is 472. The van der Waals surface area contributed by atoms with Crippen LogP contribution in [0, 0.1) is 0 Å². The van der Waals surface area contributed by atoms with Gasteiger partial charge in [-0.05, 0) is 26.2 Å². The molecule has 1 aromatic rings. The van der Waals surface area contributed by atoms with Gasteiger partial charge in [-0.2, -0.15) is 0 Å². The summed E-state index contributed by atoms with van der Waals surface area (Å²) in [5, 5.41) is 0. The van der Waals surface area contributed by atoms with Crippen molar-refractivity contribution in [2.75, 3.05) is 13.1 Å².